The number of nitrogens with one attached hydrogen (secondary N) is 1. The molecule has 0 aliphatic rings. The number of hydrogen-bond acceptors (Lipinski definition) is 2. The molecule has 0 fully saturated rings. The summed E-state index contributed by atoms with van der Waals surface area (Å²) >= 11 is 1.67. The third kappa shape index (κ3) is 4.30. The van der Waals surface area contributed by atoms with Gasteiger partial charge in [0.15, 0.2) is 0 Å². The lowest BCUT2D eigenvalue weighted by Crippen LogP contribution is -2.45. The molecule has 1 N–H and O–H groups in total. The fraction of sp³-hybridized carbons (Fsp3) is 0.667. The fourth-order valence-electron chi connectivity index (χ4n) is 1.06. The quantitative estimate of drug-likeness (QED) is 0.671. The van der Waals surface area contributed by atoms with E-state index < -0.39 is 0 Å². The molecule has 3 heteroatoms. The van der Waals surface area contributed by atoms with Crippen molar-refractivity contribution in [1.29, 1.82) is 0 Å². The lowest BCUT2D eigenvalue weighted by Gasteiger charge is -2.23. The Balaban J connectivity index is 4.34. The summed E-state index contributed by atoms with van der Waals surface area (Å²) in [4.78, 5) is 10.8. The third-order valence-corrected chi connectivity index (χ3v) is 2.15. The van der Waals surface area contributed by atoms with Crippen LogP contribution in [0, 0.1) is 11.8 Å². The number of thioether (sulfide) groups is 1. The number of amides is 1. The van der Waals surface area contributed by atoms with Crippen LogP contribution in [0.5, 0.6) is 0 Å². The minimum atomic E-state index is -0.375. The van der Waals surface area contributed by atoms with Crippen LogP contribution >= 0.6 is 11.8 Å². The standard InChI is InChI=1S/C9H15NOS/c1-5-6-9(3,7-12-4)10-8(2)11/h7H2,1-4H3,(H,10,11). The van der Waals surface area contributed by atoms with E-state index >= 15 is 0 Å². The predicted molar refractivity (Wildman–Crippen MR) is 54.1 cm³/mol. The molecule has 1 atom stereocenters. The van der Waals surface area contributed by atoms with Gasteiger partial charge in [-0.2, -0.15) is 11.8 Å². The van der Waals surface area contributed by atoms with E-state index in [9.17, 15) is 4.79 Å². The lowest BCUT2D eigenvalue weighted by atomic mass is 10.1. The average molecular weight is 185 g/mol. The Hall–Kier alpha value is -0.620. The summed E-state index contributed by atoms with van der Waals surface area (Å²) < 4.78 is 0. The number of rotatable bonds is 3. The molecule has 0 spiro atoms. The molecule has 0 aliphatic heterocycles. The summed E-state index contributed by atoms with van der Waals surface area (Å²) in [6.45, 7) is 5.22. The van der Waals surface area contributed by atoms with E-state index in [4.69, 9.17) is 0 Å². The van der Waals surface area contributed by atoms with Gasteiger partial charge in [0.2, 0.25) is 5.91 Å². The van der Waals surface area contributed by atoms with Crippen LogP contribution in [0.4, 0.5) is 0 Å². The smallest absolute Gasteiger partial charge is 0.218 e. The number of hydrogen-bond donors (Lipinski definition) is 1. The average Bonchev–Trinajstić information content (AvgIpc) is 1.85. The molecule has 2 nitrogen and oxygen atoms in total. The van der Waals surface area contributed by atoms with Crippen molar-refractivity contribution in [3.8, 4) is 11.8 Å². The van der Waals surface area contributed by atoms with Crippen molar-refractivity contribution in [3.05, 3.63) is 0 Å². The van der Waals surface area contributed by atoms with Gasteiger partial charge in [0, 0.05) is 12.7 Å². The minimum absolute atomic E-state index is 0.0331. The lowest BCUT2D eigenvalue weighted by molar-refractivity contribution is -0.119. The zero-order valence-corrected chi connectivity index (χ0v) is 8.84. The zero-order valence-electron chi connectivity index (χ0n) is 8.02. The van der Waals surface area contributed by atoms with Crippen LogP contribution in [0.2, 0.25) is 0 Å². The number of carbonyl (C=O) groups excluding carboxylic acids is 1. The second kappa shape index (κ2) is 5.10. The highest BCUT2D eigenvalue weighted by atomic mass is 32.2. The first-order chi connectivity index (χ1) is 5.54. The van der Waals surface area contributed by atoms with Gasteiger partial charge in [-0.05, 0) is 20.1 Å². The van der Waals surface area contributed by atoms with Gasteiger partial charge in [-0.1, -0.05) is 5.92 Å². The largest absolute Gasteiger partial charge is 0.340 e. The van der Waals surface area contributed by atoms with Crippen LogP contribution in [0.3, 0.4) is 0 Å². The van der Waals surface area contributed by atoms with Crippen molar-refractivity contribution in [1.82, 2.24) is 5.32 Å². The van der Waals surface area contributed by atoms with Crippen molar-refractivity contribution < 1.29 is 4.79 Å². The van der Waals surface area contributed by atoms with Gasteiger partial charge in [-0.25, -0.2) is 0 Å². The molecule has 0 aliphatic carbocycles. The van der Waals surface area contributed by atoms with Gasteiger partial charge in [-0.3, -0.25) is 4.79 Å². The molecule has 0 rings (SSSR count). The van der Waals surface area contributed by atoms with E-state index in [-0.39, 0.29) is 11.4 Å². The molecule has 0 radical (unpaired) electrons. The molecular weight excluding hydrogens is 170 g/mol. The van der Waals surface area contributed by atoms with Crippen LogP contribution in [-0.2, 0) is 4.79 Å². The summed E-state index contributed by atoms with van der Waals surface area (Å²) in [6.07, 6.45) is 2.00. The summed E-state index contributed by atoms with van der Waals surface area (Å²) in [7, 11) is 0. The highest BCUT2D eigenvalue weighted by molar-refractivity contribution is 7.98. The van der Waals surface area contributed by atoms with Gasteiger partial charge in [-0.15, -0.1) is 5.92 Å². The molecule has 1 unspecified atom stereocenters. The van der Waals surface area contributed by atoms with E-state index in [2.05, 4.69) is 17.2 Å². The molecule has 1 amide bonds. The van der Waals surface area contributed by atoms with Crippen LogP contribution in [0.15, 0.2) is 0 Å². The molecule has 0 heterocycles. The second-order valence-corrected chi connectivity index (χ2v) is 3.69. The summed E-state index contributed by atoms with van der Waals surface area (Å²) in [6, 6.07) is 0. The van der Waals surface area contributed by atoms with Crippen LogP contribution in [-0.4, -0.2) is 23.5 Å². The molecule has 0 saturated carbocycles. The van der Waals surface area contributed by atoms with Gasteiger partial charge in [0.05, 0.1) is 0 Å². The Kier molecular flexibility index (Phi) is 4.84. The molecule has 0 saturated heterocycles. The van der Waals surface area contributed by atoms with Crippen LogP contribution in [0.25, 0.3) is 0 Å². The maximum atomic E-state index is 10.8. The summed E-state index contributed by atoms with van der Waals surface area (Å²) in [5.41, 5.74) is -0.375. The summed E-state index contributed by atoms with van der Waals surface area (Å²) in [5.74, 6) is 6.59. The third-order valence-electron chi connectivity index (χ3n) is 1.29. The van der Waals surface area contributed by atoms with E-state index in [0.29, 0.717) is 0 Å². The Morgan fingerprint density at radius 2 is 2.25 bits per heavy atom. The first-order valence-corrected chi connectivity index (χ1v) is 5.15. The van der Waals surface area contributed by atoms with Gasteiger partial charge in [0.1, 0.15) is 5.54 Å². The van der Waals surface area contributed by atoms with Crippen LogP contribution in [0.1, 0.15) is 20.8 Å². The fourth-order valence-corrected chi connectivity index (χ4v) is 1.78. The number of carbonyl (C=O) groups is 1. The maximum Gasteiger partial charge on any atom is 0.218 e. The monoisotopic (exact) mass is 185 g/mol. The Bertz CT molecular complexity index is 216. The zero-order chi connectivity index (χ0) is 9.61. The van der Waals surface area contributed by atoms with Crippen molar-refractivity contribution in [3.63, 3.8) is 0 Å². The molecule has 0 aromatic heterocycles. The first-order valence-electron chi connectivity index (χ1n) is 3.75. The highest BCUT2D eigenvalue weighted by Gasteiger charge is 2.21. The molecular formula is C9H15NOS. The Labute approximate surface area is 78.5 Å². The highest BCUT2D eigenvalue weighted by Crippen LogP contribution is 2.09. The van der Waals surface area contributed by atoms with E-state index in [1.165, 1.54) is 6.92 Å². The van der Waals surface area contributed by atoms with Crippen molar-refractivity contribution in [2.45, 2.75) is 26.3 Å². The Morgan fingerprint density at radius 3 is 2.58 bits per heavy atom. The van der Waals surface area contributed by atoms with E-state index in [1.54, 1.807) is 18.7 Å². The van der Waals surface area contributed by atoms with Crippen molar-refractivity contribution >= 4 is 17.7 Å². The van der Waals surface area contributed by atoms with E-state index in [1.807, 2.05) is 13.2 Å². The van der Waals surface area contributed by atoms with Crippen molar-refractivity contribution in [2.24, 2.45) is 0 Å². The topological polar surface area (TPSA) is 29.1 Å². The SMILES string of the molecule is CC#CC(C)(CSC)NC(C)=O. The molecule has 0 aromatic rings. The predicted octanol–water partition coefficient (Wildman–Crippen LogP) is 1.27. The van der Waals surface area contributed by atoms with E-state index in [0.717, 1.165) is 5.75 Å². The van der Waals surface area contributed by atoms with Gasteiger partial charge in [0.25, 0.3) is 0 Å². The van der Waals surface area contributed by atoms with Gasteiger partial charge < -0.3 is 5.32 Å². The van der Waals surface area contributed by atoms with Crippen molar-refractivity contribution in [2.75, 3.05) is 12.0 Å². The molecule has 0 bridgehead atoms. The maximum absolute atomic E-state index is 10.8. The van der Waals surface area contributed by atoms with Crippen LogP contribution < -0.4 is 5.32 Å². The normalized spacial score (nSPS) is 14.0. The summed E-state index contributed by atoms with van der Waals surface area (Å²) in [5, 5.41) is 2.82. The molecule has 12 heavy (non-hydrogen) atoms. The Morgan fingerprint density at radius 1 is 1.67 bits per heavy atom. The second-order valence-electron chi connectivity index (χ2n) is 2.82. The minimum Gasteiger partial charge on any atom is -0.340 e. The van der Waals surface area contributed by atoms with Gasteiger partial charge >= 0.3 is 0 Å². The molecule has 68 valence electrons. The first kappa shape index (κ1) is 11.4. The molecule has 0 aromatic carbocycles.